The zero-order valence-electron chi connectivity index (χ0n) is 23.8. The Balaban J connectivity index is 0.00000189. The van der Waals surface area contributed by atoms with E-state index in [1.54, 1.807) is 17.9 Å². The highest BCUT2D eigenvalue weighted by Gasteiger charge is 2.32. The topological polar surface area (TPSA) is 92.9 Å². The number of carbonyl (C=O) groups is 1. The fourth-order valence-electron chi connectivity index (χ4n) is 4.86. The van der Waals surface area contributed by atoms with E-state index >= 15 is 0 Å². The van der Waals surface area contributed by atoms with Gasteiger partial charge in [0.05, 0.1) is 12.7 Å². The van der Waals surface area contributed by atoms with Crippen molar-refractivity contribution >= 4 is 28.9 Å². The Labute approximate surface area is 246 Å². The molecule has 1 aromatic heterocycles. The molecule has 2 aliphatic heterocycles. The van der Waals surface area contributed by atoms with Crippen molar-refractivity contribution in [1.29, 1.82) is 0 Å². The predicted octanol–water partition coefficient (Wildman–Crippen LogP) is 6.39. The van der Waals surface area contributed by atoms with Crippen molar-refractivity contribution in [2.45, 2.75) is 52.4 Å². The van der Waals surface area contributed by atoms with Gasteiger partial charge < -0.3 is 9.26 Å². The Morgan fingerprint density at radius 3 is 2.56 bits per heavy atom. The summed E-state index contributed by atoms with van der Waals surface area (Å²) in [5, 5.41) is 8.00. The lowest BCUT2D eigenvalue weighted by atomic mass is 9.95. The Morgan fingerprint density at radius 1 is 1.20 bits per heavy atom. The summed E-state index contributed by atoms with van der Waals surface area (Å²) in [4.78, 5) is 25.1. The Kier molecular flexibility index (Phi) is 10.4. The van der Waals surface area contributed by atoms with Gasteiger partial charge in [-0.05, 0) is 44.4 Å². The van der Waals surface area contributed by atoms with Crippen LogP contribution in [-0.2, 0) is 16.1 Å². The molecule has 0 aliphatic carbocycles. The maximum absolute atomic E-state index is 14.1. The summed E-state index contributed by atoms with van der Waals surface area (Å²) >= 11 is 6.75. The maximum Gasteiger partial charge on any atom is 0.260 e. The van der Waals surface area contributed by atoms with Gasteiger partial charge >= 0.3 is 0 Å². The van der Waals surface area contributed by atoms with E-state index in [9.17, 15) is 4.79 Å². The number of allylic oxidation sites excluding steroid dienone is 1. The molecule has 1 amide bonds. The van der Waals surface area contributed by atoms with Gasteiger partial charge in [0, 0.05) is 53.5 Å². The van der Waals surface area contributed by atoms with Gasteiger partial charge in [-0.3, -0.25) is 15.0 Å². The smallest absolute Gasteiger partial charge is 0.260 e. The fourth-order valence-corrected chi connectivity index (χ4v) is 5.14. The minimum absolute atomic E-state index is 0.161. The first-order chi connectivity index (χ1) is 19.9. The molecule has 9 heteroatoms. The van der Waals surface area contributed by atoms with Gasteiger partial charge in [-0.2, -0.15) is 4.98 Å². The number of hydrogen-bond donors (Lipinski definition) is 1. The number of aromatic nitrogens is 2. The summed E-state index contributed by atoms with van der Waals surface area (Å²) in [6.07, 6.45) is 5.57. The monoisotopic (exact) mass is 573 g/mol. The first-order valence-corrected chi connectivity index (χ1v) is 14.1. The Bertz CT molecular complexity index is 1440. The normalized spacial score (nSPS) is 18.7. The molecule has 1 fully saturated rings. The highest BCUT2D eigenvalue weighted by molar-refractivity contribution is 6.37. The number of halogens is 1. The predicted molar refractivity (Wildman–Crippen MR) is 163 cm³/mol. The molecule has 3 aromatic rings. The van der Waals surface area contributed by atoms with Crippen LogP contribution < -0.4 is 5.32 Å². The molecule has 214 valence electrons. The first-order valence-electron chi connectivity index (χ1n) is 13.7. The summed E-state index contributed by atoms with van der Waals surface area (Å²) in [5.41, 5.74) is 3.72. The van der Waals surface area contributed by atoms with Crippen molar-refractivity contribution in [3.8, 4) is 11.4 Å². The van der Waals surface area contributed by atoms with E-state index in [0.717, 1.165) is 37.2 Å². The summed E-state index contributed by atoms with van der Waals surface area (Å²) in [7, 11) is 0. The molecule has 8 nitrogen and oxygen atoms in total. The number of rotatable bonds is 7. The van der Waals surface area contributed by atoms with Crippen LogP contribution in [-0.4, -0.2) is 52.2 Å². The van der Waals surface area contributed by atoms with Crippen molar-refractivity contribution < 1.29 is 14.1 Å². The van der Waals surface area contributed by atoms with E-state index in [1.165, 1.54) is 0 Å². The summed E-state index contributed by atoms with van der Waals surface area (Å²) in [6, 6.07) is 15.7. The summed E-state index contributed by atoms with van der Waals surface area (Å²) in [6.45, 7) is 13.6. The number of aliphatic imine (C=N–C) groups is 1. The van der Waals surface area contributed by atoms with Gasteiger partial charge in [0.25, 0.3) is 5.91 Å². The largest absolute Gasteiger partial charge is 0.381 e. The fraction of sp³-hybridized carbons (Fsp3) is 0.312. The van der Waals surface area contributed by atoms with Crippen molar-refractivity contribution in [2.24, 2.45) is 4.99 Å². The van der Waals surface area contributed by atoms with Crippen LogP contribution in [0.1, 0.15) is 43.7 Å². The van der Waals surface area contributed by atoms with Crippen LogP contribution in [0.3, 0.4) is 0 Å². The average Bonchev–Trinajstić information content (AvgIpc) is 3.43. The number of carbonyl (C=O) groups excluding carboxylic acids is 1. The third kappa shape index (κ3) is 7.27. The van der Waals surface area contributed by atoms with Crippen molar-refractivity contribution in [3.05, 3.63) is 101 Å². The standard InChI is InChI=1S/C30H32ClN5O3.C2H4/c1-4-22-16-26(25-11-10-23(17-27(25)31)28-34-20(3)39-35-28)30(37)36(18-21-8-6-5-7-9-21)29(22)33-19(2)32-24-12-14-38-15-13-24;1-2/h4-11,16-17,19,24,32H,12-15,18H2,1-3H3;1-2H2/b22-4-,33-29+;. The number of nitrogens with one attached hydrogen (secondary N) is 1. The van der Waals surface area contributed by atoms with Crippen LogP contribution in [0, 0.1) is 6.92 Å². The van der Waals surface area contributed by atoms with E-state index in [-0.39, 0.29) is 12.1 Å². The van der Waals surface area contributed by atoms with Crippen LogP contribution in [0.15, 0.2) is 88.9 Å². The number of amides is 1. The molecular formula is C32H36ClN5O3. The lowest BCUT2D eigenvalue weighted by molar-refractivity contribution is -0.122. The molecule has 2 aromatic carbocycles. The third-order valence-electron chi connectivity index (χ3n) is 6.84. The van der Waals surface area contributed by atoms with Crippen molar-refractivity contribution in [3.63, 3.8) is 0 Å². The van der Waals surface area contributed by atoms with Crippen molar-refractivity contribution in [2.75, 3.05) is 13.2 Å². The molecule has 1 atom stereocenters. The minimum Gasteiger partial charge on any atom is -0.381 e. The molecule has 0 saturated carbocycles. The van der Waals surface area contributed by atoms with Crippen LogP contribution in [0.5, 0.6) is 0 Å². The first kappa shape index (κ1) is 30.1. The average molecular weight is 574 g/mol. The second-order valence-corrected chi connectivity index (χ2v) is 10.1. The minimum atomic E-state index is -0.180. The van der Waals surface area contributed by atoms with E-state index in [1.807, 2.05) is 68.5 Å². The third-order valence-corrected chi connectivity index (χ3v) is 7.16. The lowest BCUT2D eigenvalue weighted by Gasteiger charge is -2.32. The number of hydrogen-bond acceptors (Lipinski definition) is 7. The molecule has 2 aliphatic rings. The molecule has 1 unspecified atom stereocenters. The number of benzene rings is 2. The quantitative estimate of drug-likeness (QED) is 0.329. The van der Waals surface area contributed by atoms with Crippen LogP contribution in [0.4, 0.5) is 0 Å². The highest BCUT2D eigenvalue weighted by atomic mass is 35.5. The van der Waals surface area contributed by atoms with Crippen LogP contribution >= 0.6 is 11.6 Å². The summed E-state index contributed by atoms with van der Waals surface area (Å²) < 4.78 is 10.6. The number of aryl methyl sites for hydroxylation is 1. The van der Waals surface area contributed by atoms with E-state index in [4.69, 9.17) is 25.9 Å². The molecule has 1 saturated heterocycles. The van der Waals surface area contributed by atoms with Gasteiger partial charge in [0.1, 0.15) is 5.84 Å². The molecule has 3 heterocycles. The zero-order chi connectivity index (χ0) is 29.4. The molecule has 1 N–H and O–H groups in total. The SMILES string of the molecule is C/C=C1/C=C(c2ccc(-c3noc(C)n3)cc2Cl)C(=O)N(Cc2ccccc2)/C1=N/C(C)NC1CCOCC1.C=C. The maximum atomic E-state index is 14.1. The van der Waals surface area contributed by atoms with Crippen molar-refractivity contribution in [1.82, 2.24) is 20.4 Å². The zero-order valence-corrected chi connectivity index (χ0v) is 24.5. The van der Waals surface area contributed by atoms with Gasteiger partial charge in [0.2, 0.25) is 11.7 Å². The van der Waals surface area contributed by atoms with Gasteiger partial charge in [0.15, 0.2) is 0 Å². The molecule has 0 spiro atoms. The number of amidine groups is 1. The summed E-state index contributed by atoms with van der Waals surface area (Å²) in [5.74, 6) is 1.39. The van der Waals surface area contributed by atoms with E-state index in [0.29, 0.717) is 51.9 Å². The number of nitrogens with zero attached hydrogens (tertiary/aromatic N) is 4. The van der Waals surface area contributed by atoms with E-state index < -0.39 is 0 Å². The molecule has 0 radical (unpaired) electrons. The van der Waals surface area contributed by atoms with Crippen LogP contribution in [0.2, 0.25) is 5.02 Å². The van der Waals surface area contributed by atoms with Gasteiger partial charge in [-0.25, -0.2) is 4.99 Å². The second kappa shape index (κ2) is 14.2. The Hall–Kier alpha value is -3.85. The van der Waals surface area contributed by atoms with Gasteiger partial charge in [-0.15, -0.1) is 13.2 Å². The molecule has 41 heavy (non-hydrogen) atoms. The van der Waals surface area contributed by atoms with Crippen LogP contribution in [0.25, 0.3) is 17.0 Å². The highest BCUT2D eigenvalue weighted by Crippen LogP contribution is 2.34. The molecular weight excluding hydrogens is 538 g/mol. The Morgan fingerprint density at radius 2 is 1.93 bits per heavy atom. The lowest BCUT2D eigenvalue weighted by Crippen LogP contribution is -2.44. The second-order valence-electron chi connectivity index (χ2n) is 9.69. The molecule has 5 rings (SSSR count). The number of ether oxygens (including phenoxy) is 1. The van der Waals surface area contributed by atoms with Gasteiger partial charge in [-0.1, -0.05) is 65.3 Å². The van der Waals surface area contributed by atoms with E-state index in [2.05, 4.69) is 28.6 Å². The molecule has 0 bridgehead atoms.